The second-order valence-electron chi connectivity index (χ2n) is 11.7. The first-order valence-electron chi connectivity index (χ1n) is 15.6. The molecule has 0 aliphatic carbocycles. The first kappa shape index (κ1) is 31.8. The summed E-state index contributed by atoms with van der Waals surface area (Å²) in [6, 6.07) is 24.2. The molecule has 3 aromatic carbocycles. The van der Waals surface area contributed by atoms with E-state index in [4.69, 9.17) is 14.7 Å². The number of benzene rings is 3. The second-order valence-corrected chi connectivity index (χ2v) is 11.7. The fourth-order valence-corrected chi connectivity index (χ4v) is 5.99. The third-order valence-electron chi connectivity index (χ3n) is 8.45. The molecule has 4 N–H and O–H groups in total. The van der Waals surface area contributed by atoms with E-state index in [2.05, 4.69) is 34.5 Å². The Bertz CT molecular complexity index is 1360. The monoisotopic (exact) mass is 601 g/mol. The molecule has 3 atom stereocenters. The number of carbonyl (C=O) groups is 2. The van der Waals surface area contributed by atoms with Crippen LogP contribution in [0.5, 0.6) is 0 Å². The van der Waals surface area contributed by atoms with Crippen LogP contribution in [-0.4, -0.2) is 52.8 Å². The van der Waals surface area contributed by atoms with Crippen molar-refractivity contribution >= 4 is 11.8 Å². The third kappa shape index (κ3) is 8.74. The minimum atomic E-state index is -0.502. The quantitative estimate of drug-likeness (QED) is 0.167. The van der Waals surface area contributed by atoms with Crippen LogP contribution in [0.15, 0.2) is 72.8 Å². The summed E-state index contributed by atoms with van der Waals surface area (Å²) >= 11 is 0. The SMILES string of the molecule is O=C(CCCC(=O)NCc1ccccc1-c1ccc([C@H]2O[C@@H](CN3CCCCC3)C[C@@H](c3ccc(CO)cc3)O2)cc1)NO. The van der Waals surface area contributed by atoms with Crippen molar-refractivity contribution in [3.8, 4) is 11.1 Å². The van der Waals surface area contributed by atoms with Gasteiger partial charge in [-0.2, -0.15) is 0 Å². The maximum absolute atomic E-state index is 12.3. The molecule has 0 bridgehead atoms. The number of piperidine rings is 1. The number of aliphatic hydroxyl groups is 1. The zero-order valence-corrected chi connectivity index (χ0v) is 25.1. The van der Waals surface area contributed by atoms with Crippen LogP contribution in [0, 0.1) is 0 Å². The predicted octanol–water partition coefficient (Wildman–Crippen LogP) is 5.17. The number of likely N-dealkylation sites (tertiary alicyclic amines) is 1. The average Bonchev–Trinajstić information content (AvgIpc) is 3.08. The van der Waals surface area contributed by atoms with Crippen LogP contribution >= 0.6 is 0 Å². The van der Waals surface area contributed by atoms with Gasteiger partial charge in [0.2, 0.25) is 11.8 Å². The van der Waals surface area contributed by atoms with Crippen molar-refractivity contribution in [2.75, 3.05) is 19.6 Å². The highest BCUT2D eigenvalue weighted by Gasteiger charge is 2.33. The number of hydrogen-bond donors (Lipinski definition) is 4. The van der Waals surface area contributed by atoms with Gasteiger partial charge in [-0.3, -0.25) is 14.8 Å². The minimum Gasteiger partial charge on any atom is -0.392 e. The number of rotatable bonds is 12. The van der Waals surface area contributed by atoms with Gasteiger partial charge in [-0.05, 0) is 60.2 Å². The molecular formula is C35H43N3O6. The Labute approximate surface area is 259 Å². The molecule has 2 heterocycles. The Kier molecular flexibility index (Phi) is 11.5. The molecule has 0 unspecified atom stereocenters. The largest absolute Gasteiger partial charge is 0.392 e. The molecule has 44 heavy (non-hydrogen) atoms. The minimum absolute atomic E-state index is 0.0163. The lowest BCUT2D eigenvalue weighted by Gasteiger charge is -2.39. The standard InChI is InChI=1S/C35H43N3O6/c39-24-25-11-13-27(14-12-25)32-21-30(23-38-19-4-1-5-20-38)43-35(44-32)28-17-15-26(16-18-28)31-8-3-2-7-29(31)22-36-33(40)9-6-10-34(41)37-42/h2-3,7-8,11-18,30,32,35,39,42H,1,4-6,9-10,19-24H2,(H,36,40)(H,37,41)/t30-,32+,35+/m1/s1. The van der Waals surface area contributed by atoms with E-state index < -0.39 is 12.2 Å². The number of amides is 2. The van der Waals surface area contributed by atoms with Gasteiger partial charge in [0.05, 0.1) is 18.8 Å². The summed E-state index contributed by atoms with van der Waals surface area (Å²) in [6.07, 6.45) is 4.61. The normalized spacial score (nSPS) is 20.6. The molecule has 9 heteroatoms. The molecule has 9 nitrogen and oxygen atoms in total. The summed E-state index contributed by atoms with van der Waals surface area (Å²) in [4.78, 5) is 26.0. The summed E-state index contributed by atoms with van der Waals surface area (Å²) < 4.78 is 13.1. The summed E-state index contributed by atoms with van der Waals surface area (Å²) in [6.45, 7) is 3.49. The molecule has 2 amide bonds. The highest BCUT2D eigenvalue weighted by atomic mass is 16.7. The Morgan fingerprint density at radius 3 is 2.27 bits per heavy atom. The van der Waals surface area contributed by atoms with Gasteiger partial charge in [0, 0.05) is 37.9 Å². The van der Waals surface area contributed by atoms with Crippen molar-refractivity contribution in [1.29, 1.82) is 0 Å². The van der Waals surface area contributed by atoms with E-state index in [1.807, 2.05) is 48.5 Å². The van der Waals surface area contributed by atoms with E-state index in [1.165, 1.54) is 19.3 Å². The van der Waals surface area contributed by atoms with Crippen molar-refractivity contribution in [3.05, 3.63) is 95.1 Å². The lowest BCUT2D eigenvalue weighted by atomic mass is 9.97. The van der Waals surface area contributed by atoms with Crippen molar-refractivity contribution in [2.45, 2.75) is 76.6 Å². The second kappa shape index (κ2) is 15.9. The first-order valence-corrected chi connectivity index (χ1v) is 15.6. The molecular weight excluding hydrogens is 558 g/mol. The topological polar surface area (TPSA) is 120 Å². The predicted molar refractivity (Wildman–Crippen MR) is 166 cm³/mol. The molecule has 2 aliphatic heterocycles. The van der Waals surface area contributed by atoms with Crippen LogP contribution in [0.3, 0.4) is 0 Å². The first-order chi connectivity index (χ1) is 21.5. The summed E-state index contributed by atoms with van der Waals surface area (Å²) in [7, 11) is 0. The van der Waals surface area contributed by atoms with Crippen molar-refractivity contribution < 1.29 is 29.4 Å². The van der Waals surface area contributed by atoms with Crippen LogP contribution in [-0.2, 0) is 32.2 Å². The van der Waals surface area contributed by atoms with Crippen LogP contribution in [0.1, 0.15) is 79.6 Å². The highest BCUT2D eigenvalue weighted by Crippen LogP contribution is 2.39. The van der Waals surface area contributed by atoms with Gasteiger partial charge in [-0.15, -0.1) is 0 Å². The number of hydrogen-bond acceptors (Lipinski definition) is 7. The van der Waals surface area contributed by atoms with Gasteiger partial charge < -0.3 is 24.8 Å². The van der Waals surface area contributed by atoms with Crippen LogP contribution in [0.4, 0.5) is 0 Å². The molecule has 5 rings (SSSR count). The molecule has 2 fully saturated rings. The molecule has 2 aliphatic rings. The number of nitrogens with one attached hydrogen (secondary N) is 2. The van der Waals surface area contributed by atoms with Crippen LogP contribution in [0.25, 0.3) is 11.1 Å². The number of aliphatic hydroxyl groups excluding tert-OH is 1. The van der Waals surface area contributed by atoms with Gasteiger partial charge in [0.25, 0.3) is 0 Å². The Hall–Kier alpha value is -3.60. The van der Waals surface area contributed by atoms with E-state index in [0.29, 0.717) is 13.0 Å². The molecule has 0 aromatic heterocycles. The van der Waals surface area contributed by atoms with Gasteiger partial charge in [-0.25, -0.2) is 5.48 Å². The molecule has 2 saturated heterocycles. The van der Waals surface area contributed by atoms with E-state index in [9.17, 15) is 14.7 Å². The fourth-order valence-electron chi connectivity index (χ4n) is 5.99. The Morgan fingerprint density at radius 2 is 1.55 bits per heavy atom. The van der Waals surface area contributed by atoms with Crippen molar-refractivity contribution in [2.24, 2.45) is 0 Å². The Balaban J connectivity index is 1.27. The van der Waals surface area contributed by atoms with Crippen LogP contribution in [0.2, 0.25) is 0 Å². The average molecular weight is 602 g/mol. The zero-order chi connectivity index (χ0) is 30.7. The highest BCUT2D eigenvalue weighted by molar-refractivity contribution is 5.78. The number of ether oxygens (including phenoxy) is 2. The van der Waals surface area contributed by atoms with Gasteiger partial charge in [0.15, 0.2) is 6.29 Å². The zero-order valence-electron chi connectivity index (χ0n) is 25.1. The maximum atomic E-state index is 12.3. The molecule has 0 radical (unpaired) electrons. The van der Waals surface area contributed by atoms with Crippen molar-refractivity contribution in [3.63, 3.8) is 0 Å². The molecule has 234 valence electrons. The van der Waals surface area contributed by atoms with Gasteiger partial charge >= 0.3 is 0 Å². The van der Waals surface area contributed by atoms with E-state index >= 15 is 0 Å². The van der Waals surface area contributed by atoms with Crippen LogP contribution < -0.4 is 10.8 Å². The smallest absolute Gasteiger partial charge is 0.243 e. The molecule has 0 spiro atoms. The molecule has 0 saturated carbocycles. The van der Waals surface area contributed by atoms with Crippen molar-refractivity contribution in [1.82, 2.24) is 15.7 Å². The number of carbonyl (C=O) groups excluding carboxylic acids is 2. The fraction of sp³-hybridized carbons (Fsp3) is 0.429. The van der Waals surface area contributed by atoms with Gasteiger partial charge in [-0.1, -0.05) is 79.2 Å². The maximum Gasteiger partial charge on any atom is 0.243 e. The summed E-state index contributed by atoms with van der Waals surface area (Å²) in [5.74, 6) is -0.646. The molecule has 3 aromatic rings. The Morgan fingerprint density at radius 1 is 0.841 bits per heavy atom. The lowest BCUT2D eigenvalue weighted by molar-refractivity contribution is -0.253. The van der Waals surface area contributed by atoms with E-state index in [-0.39, 0.29) is 37.6 Å². The summed E-state index contributed by atoms with van der Waals surface area (Å²) in [5, 5.41) is 21.0. The number of hydroxylamine groups is 1. The third-order valence-corrected chi connectivity index (χ3v) is 8.45. The lowest BCUT2D eigenvalue weighted by Crippen LogP contribution is -2.41. The van der Waals surface area contributed by atoms with E-state index in [1.54, 1.807) is 5.48 Å². The number of nitrogens with zero attached hydrogens (tertiary/aromatic N) is 1. The van der Waals surface area contributed by atoms with Gasteiger partial charge in [0.1, 0.15) is 0 Å². The summed E-state index contributed by atoms with van der Waals surface area (Å²) in [5.41, 5.74) is 7.53. The van der Waals surface area contributed by atoms with E-state index in [0.717, 1.165) is 59.4 Å².